The minimum Gasteiger partial charge on any atom is -0.378 e. The van der Waals surface area contributed by atoms with Gasteiger partial charge in [-0.2, -0.15) is 11.8 Å². The van der Waals surface area contributed by atoms with Crippen molar-refractivity contribution < 1.29 is 9.53 Å². The maximum absolute atomic E-state index is 11.7. The van der Waals surface area contributed by atoms with Crippen molar-refractivity contribution in [3.05, 3.63) is 0 Å². The first-order valence-corrected chi connectivity index (χ1v) is 6.94. The number of ether oxygens (including phenoxy) is 1. The highest BCUT2D eigenvalue weighted by molar-refractivity contribution is 9.09. The summed E-state index contributed by atoms with van der Waals surface area (Å²) in [6.45, 7) is 1.34. The van der Waals surface area contributed by atoms with Gasteiger partial charge in [0, 0.05) is 11.7 Å². The molecule has 14 heavy (non-hydrogen) atoms. The van der Waals surface area contributed by atoms with E-state index in [1.54, 1.807) is 0 Å². The van der Waals surface area contributed by atoms with Crippen LogP contribution in [0.4, 0.5) is 0 Å². The van der Waals surface area contributed by atoms with Crippen molar-refractivity contribution in [2.45, 2.75) is 17.3 Å². The van der Waals surface area contributed by atoms with Gasteiger partial charge in [0.15, 0.2) is 0 Å². The van der Waals surface area contributed by atoms with Crippen LogP contribution in [0, 0.1) is 5.92 Å². The van der Waals surface area contributed by atoms with Crippen molar-refractivity contribution in [1.82, 2.24) is 5.32 Å². The van der Waals surface area contributed by atoms with Crippen molar-refractivity contribution in [2.75, 3.05) is 24.7 Å². The molecule has 2 heterocycles. The number of carbonyl (C=O) groups is 1. The fraction of sp³-hybridized carbons (Fsp3) is 0.889. The summed E-state index contributed by atoms with van der Waals surface area (Å²) >= 11 is 5.36. The van der Waals surface area contributed by atoms with Crippen molar-refractivity contribution in [1.29, 1.82) is 0 Å². The van der Waals surface area contributed by atoms with Gasteiger partial charge >= 0.3 is 0 Å². The minimum atomic E-state index is 0.160. The Morgan fingerprint density at radius 1 is 1.50 bits per heavy atom. The summed E-state index contributed by atoms with van der Waals surface area (Å²) in [5, 5.41) is 3.05. The van der Waals surface area contributed by atoms with Crippen LogP contribution in [0.1, 0.15) is 6.42 Å². The Labute approximate surface area is 96.5 Å². The van der Waals surface area contributed by atoms with Gasteiger partial charge in [0.05, 0.1) is 24.1 Å². The van der Waals surface area contributed by atoms with Gasteiger partial charge in [0.1, 0.15) is 0 Å². The molecule has 2 rings (SSSR count). The quantitative estimate of drug-likeness (QED) is 0.767. The molecule has 1 amide bonds. The Morgan fingerprint density at radius 2 is 2.36 bits per heavy atom. The molecule has 2 fully saturated rings. The van der Waals surface area contributed by atoms with E-state index in [-0.39, 0.29) is 22.7 Å². The number of carbonyl (C=O) groups excluding carboxylic acids is 1. The summed E-state index contributed by atoms with van der Waals surface area (Å²) in [5.74, 6) is 2.53. The summed E-state index contributed by atoms with van der Waals surface area (Å²) in [5.41, 5.74) is 0. The number of thioether (sulfide) groups is 1. The number of rotatable bonds is 2. The second-order valence-corrected chi connectivity index (χ2v) is 6.06. The van der Waals surface area contributed by atoms with E-state index in [1.165, 1.54) is 0 Å². The lowest BCUT2D eigenvalue weighted by Crippen LogP contribution is -2.43. The number of hydrogen-bond acceptors (Lipinski definition) is 3. The van der Waals surface area contributed by atoms with E-state index in [1.807, 2.05) is 11.8 Å². The van der Waals surface area contributed by atoms with Crippen LogP contribution in [0.15, 0.2) is 0 Å². The number of nitrogens with one attached hydrogen (secondary N) is 1. The number of amides is 1. The number of alkyl halides is 1. The molecule has 0 radical (unpaired) electrons. The second kappa shape index (κ2) is 4.86. The molecular weight excluding hydrogens is 266 g/mol. The van der Waals surface area contributed by atoms with E-state index in [0.29, 0.717) is 13.2 Å². The highest BCUT2D eigenvalue weighted by Gasteiger charge is 2.30. The van der Waals surface area contributed by atoms with Gasteiger partial charge in [0.2, 0.25) is 5.91 Å². The molecule has 0 aromatic carbocycles. The van der Waals surface area contributed by atoms with Gasteiger partial charge in [-0.25, -0.2) is 0 Å². The van der Waals surface area contributed by atoms with Gasteiger partial charge in [-0.15, -0.1) is 0 Å². The molecule has 3 nitrogen and oxygen atoms in total. The van der Waals surface area contributed by atoms with Crippen molar-refractivity contribution in [3.63, 3.8) is 0 Å². The fourth-order valence-corrected chi connectivity index (χ4v) is 3.39. The molecule has 2 saturated heterocycles. The summed E-state index contributed by atoms with van der Waals surface area (Å²) in [7, 11) is 0. The zero-order chi connectivity index (χ0) is 9.97. The van der Waals surface area contributed by atoms with Crippen LogP contribution in [-0.4, -0.2) is 41.5 Å². The predicted molar refractivity (Wildman–Crippen MR) is 60.9 cm³/mol. The lowest BCUT2D eigenvalue weighted by atomic mass is 10.1. The molecule has 0 spiro atoms. The topological polar surface area (TPSA) is 38.3 Å². The Morgan fingerprint density at radius 3 is 2.93 bits per heavy atom. The maximum atomic E-state index is 11.7. The van der Waals surface area contributed by atoms with Gasteiger partial charge in [-0.1, -0.05) is 15.9 Å². The summed E-state index contributed by atoms with van der Waals surface area (Å²) < 4.78 is 5.27. The average Bonchev–Trinajstić information content (AvgIpc) is 2.77. The van der Waals surface area contributed by atoms with Crippen molar-refractivity contribution >= 4 is 33.6 Å². The zero-order valence-electron chi connectivity index (χ0n) is 7.87. The third-order valence-electron chi connectivity index (χ3n) is 2.64. The minimum absolute atomic E-state index is 0.160. The van der Waals surface area contributed by atoms with Gasteiger partial charge < -0.3 is 10.1 Å². The second-order valence-electron chi connectivity index (χ2n) is 3.73. The average molecular weight is 280 g/mol. The molecule has 2 aliphatic rings. The molecule has 0 aliphatic carbocycles. The first-order valence-electron chi connectivity index (χ1n) is 4.87. The predicted octanol–water partition coefficient (Wildman–Crippen LogP) is 1.02. The largest absolute Gasteiger partial charge is 0.378 e. The van der Waals surface area contributed by atoms with Crippen LogP contribution < -0.4 is 5.32 Å². The van der Waals surface area contributed by atoms with E-state index in [4.69, 9.17) is 4.74 Å². The highest BCUT2D eigenvalue weighted by atomic mass is 79.9. The Balaban J connectivity index is 1.81. The van der Waals surface area contributed by atoms with Crippen LogP contribution in [0.2, 0.25) is 0 Å². The molecule has 0 saturated carbocycles. The van der Waals surface area contributed by atoms with E-state index in [2.05, 4.69) is 21.2 Å². The number of halogens is 1. The smallest absolute Gasteiger partial charge is 0.224 e. The van der Waals surface area contributed by atoms with E-state index >= 15 is 0 Å². The number of hydrogen-bond donors (Lipinski definition) is 1. The third-order valence-corrected chi connectivity index (χ3v) is 4.70. The molecule has 2 aliphatic heterocycles. The molecule has 5 heteroatoms. The lowest BCUT2D eigenvalue weighted by Gasteiger charge is -2.16. The Kier molecular flexibility index (Phi) is 3.73. The first kappa shape index (κ1) is 10.8. The molecule has 0 aromatic heterocycles. The van der Waals surface area contributed by atoms with Gasteiger partial charge in [-0.05, 0) is 12.2 Å². The summed E-state index contributed by atoms with van der Waals surface area (Å²) in [6.07, 6.45) is 1.02. The van der Waals surface area contributed by atoms with Gasteiger partial charge in [0.25, 0.3) is 0 Å². The van der Waals surface area contributed by atoms with E-state index in [0.717, 1.165) is 17.9 Å². The van der Waals surface area contributed by atoms with E-state index in [9.17, 15) is 4.79 Å². The maximum Gasteiger partial charge on any atom is 0.224 e. The molecule has 0 bridgehead atoms. The normalized spacial score (nSPS) is 37.4. The third kappa shape index (κ3) is 2.44. The first-order chi connectivity index (χ1) is 6.77. The zero-order valence-corrected chi connectivity index (χ0v) is 10.3. The summed E-state index contributed by atoms with van der Waals surface area (Å²) in [6, 6.07) is 0.160. The highest BCUT2D eigenvalue weighted by Crippen LogP contribution is 2.24. The van der Waals surface area contributed by atoms with Crippen molar-refractivity contribution in [2.24, 2.45) is 5.92 Å². The lowest BCUT2D eigenvalue weighted by molar-refractivity contribution is -0.124. The van der Waals surface area contributed by atoms with Crippen LogP contribution >= 0.6 is 27.7 Å². The van der Waals surface area contributed by atoms with Crippen LogP contribution in [0.25, 0.3) is 0 Å². The molecule has 3 unspecified atom stereocenters. The summed E-state index contributed by atoms with van der Waals surface area (Å²) in [4.78, 5) is 12.0. The molecule has 0 aromatic rings. The van der Waals surface area contributed by atoms with E-state index < -0.39 is 0 Å². The van der Waals surface area contributed by atoms with Gasteiger partial charge in [-0.3, -0.25) is 4.79 Å². The standard InChI is InChI=1S/C9H14BrNO2S/c10-7-3-13-4-8(7)11-9(12)6-1-2-14-5-6/h6-8H,1-5H2,(H,11,12). The molecule has 3 atom stereocenters. The molecule has 80 valence electrons. The fourth-order valence-electron chi connectivity index (χ4n) is 1.70. The molecule has 1 N–H and O–H groups in total. The van der Waals surface area contributed by atoms with Crippen molar-refractivity contribution in [3.8, 4) is 0 Å². The van der Waals surface area contributed by atoms with Crippen LogP contribution in [-0.2, 0) is 9.53 Å². The van der Waals surface area contributed by atoms with Crippen LogP contribution in [0.5, 0.6) is 0 Å². The monoisotopic (exact) mass is 279 g/mol. The van der Waals surface area contributed by atoms with Crippen LogP contribution in [0.3, 0.4) is 0 Å². The Bertz CT molecular complexity index is 221. The molecular formula is C9H14BrNO2S. The SMILES string of the molecule is O=C(NC1COCC1Br)C1CCSC1. The Hall–Kier alpha value is 0.260.